The molecule has 0 amide bonds. The van der Waals surface area contributed by atoms with E-state index in [1.165, 1.54) is 5.56 Å². The van der Waals surface area contributed by atoms with E-state index in [-0.39, 0.29) is 5.92 Å². The Balaban J connectivity index is 2.69. The first kappa shape index (κ1) is 11.8. The number of hydrogen-bond acceptors (Lipinski definition) is 2. The van der Waals surface area contributed by atoms with Crippen molar-refractivity contribution in [2.45, 2.75) is 33.6 Å². The lowest BCUT2D eigenvalue weighted by Crippen LogP contribution is -2.10. The molecule has 1 atom stereocenters. The maximum Gasteiger partial charge on any atom is 0.306 e. The molecule has 1 unspecified atom stereocenters. The first-order valence-electron chi connectivity index (χ1n) is 5.15. The van der Waals surface area contributed by atoms with Crippen LogP contribution in [0.2, 0.25) is 0 Å². The summed E-state index contributed by atoms with van der Waals surface area (Å²) in [5, 5.41) is 13.1. The van der Waals surface area contributed by atoms with Crippen molar-refractivity contribution in [3.05, 3.63) is 17.0 Å². The number of aromatic nitrogens is 2. The molecule has 0 saturated carbocycles. The van der Waals surface area contributed by atoms with E-state index < -0.39 is 5.97 Å². The molecular weight excluding hydrogens is 192 g/mol. The second-order valence-corrected chi connectivity index (χ2v) is 4.05. The molecule has 0 fully saturated rings. The lowest BCUT2D eigenvalue weighted by atomic mass is 10.0. The third-order valence-corrected chi connectivity index (χ3v) is 2.91. The fourth-order valence-electron chi connectivity index (χ4n) is 1.66. The molecule has 1 heterocycles. The highest BCUT2D eigenvalue weighted by molar-refractivity contribution is 5.69. The molecule has 1 aromatic heterocycles. The number of carbonyl (C=O) groups is 1. The van der Waals surface area contributed by atoms with Crippen LogP contribution in [0.1, 0.15) is 30.3 Å². The number of aryl methyl sites for hydroxylation is 2. The fourth-order valence-corrected chi connectivity index (χ4v) is 1.66. The van der Waals surface area contributed by atoms with Gasteiger partial charge in [-0.1, -0.05) is 6.92 Å². The first-order valence-corrected chi connectivity index (χ1v) is 5.15. The van der Waals surface area contributed by atoms with E-state index in [1.54, 1.807) is 6.92 Å². The van der Waals surface area contributed by atoms with Gasteiger partial charge in [-0.25, -0.2) is 0 Å². The minimum Gasteiger partial charge on any atom is -0.481 e. The summed E-state index contributed by atoms with van der Waals surface area (Å²) in [5.41, 5.74) is 3.32. The highest BCUT2D eigenvalue weighted by Gasteiger charge is 2.14. The summed E-state index contributed by atoms with van der Waals surface area (Å²) < 4.78 is 1.84. The van der Waals surface area contributed by atoms with Crippen LogP contribution in [0.5, 0.6) is 0 Å². The van der Waals surface area contributed by atoms with Crippen molar-refractivity contribution < 1.29 is 9.90 Å². The predicted octanol–water partition coefficient (Wildman–Crippen LogP) is 1.69. The van der Waals surface area contributed by atoms with Gasteiger partial charge in [0.2, 0.25) is 0 Å². The lowest BCUT2D eigenvalue weighted by Gasteiger charge is -2.06. The summed E-state index contributed by atoms with van der Waals surface area (Å²) in [5.74, 6) is -1.02. The molecular formula is C11H18N2O2. The largest absolute Gasteiger partial charge is 0.481 e. The van der Waals surface area contributed by atoms with Gasteiger partial charge in [0.25, 0.3) is 0 Å². The van der Waals surface area contributed by atoms with E-state index in [4.69, 9.17) is 5.11 Å². The summed E-state index contributed by atoms with van der Waals surface area (Å²) in [6.07, 6.45) is 1.46. The van der Waals surface area contributed by atoms with Crippen LogP contribution in [0.15, 0.2) is 0 Å². The van der Waals surface area contributed by atoms with E-state index in [1.807, 2.05) is 25.6 Å². The van der Waals surface area contributed by atoms with Crippen LogP contribution in [-0.2, 0) is 18.3 Å². The normalized spacial score (nSPS) is 12.8. The summed E-state index contributed by atoms with van der Waals surface area (Å²) in [6, 6.07) is 0. The summed E-state index contributed by atoms with van der Waals surface area (Å²) in [7, 11) is 1.91. The van der Waals surface area contributed by atoms with Crippen LogP contribution >= 0.6 is 0 Å². The highest BCUT2D eigenvalue weighted by Crippen LogP contribution is 2.16. The number of carboxylic acids is 1. The molecule has 0 aromatic carbocycles. The maximum atomic E-state index is 10.7. The number of aliphatic carboxylic acids is 1. The Kier molecular flexibility index (Phi) is 3.50. The Labute approximate surface area is 89.9 Å². The third kappa shape index (κ3) is 2.58. The number of carboxylic acid groups (broad SMARTS) is 1. The van der Waals surface area contributed by atoms with E-state index >= 15 is 0 Å². The lowest BCUT2D eigenvalue weighted by molar-refractivity contribution is -0.141. The number of rotatable bonds is 4. The zero-order valence-electron chi connectivity index (χ0n) is 9.74. The molecule has 1 rings (SSSR count). The van der Waals surface area contributed by atoms with Crippen molar-refractivity contribution >= 4 is 5.97 Å². The predicted molar refractivity (Wildman–Crippen MR) is 57.8 cm³/mol. The second kappa shape index (κ2) is 4.47. The minimum atomic E-state index is -0.728. The SMILES string of the molecule is Cc1nn(C)c(C)c1CCC(C)C(=O)O. The van der Waals surface area contributed by atoms with E-state index in [0.717, 1.165) is 17.8 Å². The highest BCUT2D eigenvalue weighted by atomic mass is 16.4. The minimum absolute atomic E-state index is 0.288. The average Bonchev–Trinajstić information content (AvgIpc) is 2.38. The van der Waals surface area contributed by atoms with E-state index in [2.05, 4.69) is 5.10 Å². The van der Waals surface area contributed by atoms with Gasteiger partial charge >= 0.3 is 5.97 Å². The Morgan fingerprint density at radius 3 is 2.53 bits per heavy atom. The number of nitrogens with zero attached hydrogens (tertiary/aromatic N) is 2. The molecule has 0 radical (unpaired) electrons. The molecule has 1 aromatic rings. The van der Waals surface area contributed by atoms with Gasteiger partial charge in [-0.2, -0.15) is 5.10 Å². The van der Waals surface area contributed by atoms with Crippen LogP contribution < -0.4 is 0 Å². The van der Waals surface area contributed by atoms with Crippen molar-refractivity contribution in [1.29, 1.82) is 0 Å². The Morgan fingerprint density at radius 1 is 1.53 bits per heavy atom. The first-order chi connectivity index (χ1) is 6.93. The van der Waals surface area contributed by atoms with Crippen LogP contribution in [0.25, 0.3) is 0 Å². The number of hydrogen-bond donors (Lipinski definition) is 1. The van der Waals surface area contributed by atoms with E-state index in [9.17, 15) is 4.79 Å². The summed E-state index contributed by atoms with van der Waals surface area (Å²) in [4.78, 5) is 10.7. The van der Waals surface area contributed by atoms with Gasteiger partial charge in [0, 0.05) is 12.7 Å². The standard InChI is InChI=1S/C11H18N2O2/c1-7(11(14)15)5-6-10-8(2)12-13(4)9(10)3/h7H,5-6H2,1-4H3,(H,14,15). The summed E-state index contributed by atoms with van der Waals surface area (Å²) in [6.45, 7) is 5.72. The zero-order chi connectivity index (χ0) is 11.6. The Bertz CT molecular complexity index is 369. The van der Waals surface area contributed by atoms with Crippen LogP contribution in [0, 0.1) is 19.8 Å². The van der Waals surface area contributed by atoms with Crippen molar-refractivity contribution in [3.63, 3.8) is 0 Å². The Morgan fingerprint density at radius 2 is 2.13 bits per heavy atom. The molecule has 84 valence electrons. The fraction of sp³-hybridized carbons (Fsp3) is 0.636. The molecule has 0 aliphatic rings. The van der Waals surface area contributed by atoms with Crippen molar-refractivity contribution in [3.8, 4) is 0 Å². The molecule has 4 heteroatoms. The van der Waals surface area contributed by atoms with E-state index in [0.29, 0.717) is 6.42 Å². The molecule has 15 heavy (non-hydrogen) atoms. The molecule has 0 saturated heterocycles. The molecule has 0 aliphatic carbocycles. The van der Waals surface area contributed by atoms with Crippen molar-refractivity contribution in [1.82, 2.24) is 9.78 Å². The monoisotopic (exact) mass is 210 g/mol. The van der Waals surface area contributed by atoms with Crippen molar-refractivity contribution in [2.24, 2.45) is 13.0 Å². The molecule has 0 bridgehead atoms. The zero-order valence-corrected chi connectivity index (χ0v) is 9.74. The van der Waals surface area contributed by atoms with Gasteiger partial charge in [-0.3, -0.25) is 9.48 Å². The van der Waals surface area contributed by atoms with Gasteiger partial charge in [-0.15, -0.1) is 0 Å². The van der Waals surface area contributed by atoms with Gasteiger partial charge in [0.05, 0.1) is 11.6 Å². The van der Waals surface area contributed by atoms with Gasteiger partial charge in [-0.05, 0) is 32.3 Å². The quantitative estimate of drug-likeness (QED) is 0.822. The third-order valence-electron chi connectivity index (χ3n) is 2.91. The van der Waals surface area contributed by atoms with Crippen molar-refractivity contribution in [2.75, 3.05) is 0 Å². The molecule has 0 spiro atoms. The smallest absolute Gasteiger partial charge is 0.306 e. The van der Waals surface area contributed by atoms with Crippen LogP contribution in [0.3, 0.4) is 0 Å². The van der Waals surface area contributed by atoms with Gasteiger partial charge < -0.3 is 5.11 Å². The molecule has 4 nitrogen and oxygen atoms in total. The second-order valence-electron chi connectivity index (χ2n) is 4.05. The maximum absolute atomic E-state index is 10.7. The average molecular weight is 210 g/mol. The van der Waals surface area contributed by atoms with Gasteiger partial charge in [0.15, 0.2) is 0 Å². The van der Waals surface area contributed by atoms with Crippen LogP contribution in [-0.4, -0.2) is 20.9 Å². The topological polar surface area (TPSA) is 55.1 Å². The summed E-state index contributed by atoms with van der Waals surface area (Å²) >= 11 is 0. The Hall–Kier alpha value is -1.32. The molecule has 0 aliphatic heterocycles. The van der Waals surface area contributed by atoms with Crippen LogP contribution in [0.4, 0.5) is 0 Å². The molecule has 1 N–H and O–H groups in total. The van der Waals surface area contributed by atoms with Gasteiger partial charge in [0.1, 0.15) is 0 Å².